The number of aliphatic hydroxyl groups is 1. The number of sulfone groups is 1. The van der Waals surface area contributed by atoms with Gasteiger partial charge in [0.05, 0.1) is 31.8 Å². The van der Waals surface area contributed by atoms with E-state index in [1.54, 1.807) is 20.3 Å². The number of nitrogens with one attached hydrogen (secondary N) is 1. The van der Waals surface area contributed by atoms with Crippen molar-refractivity contribution < 1.29 is 23.0 Å². The van der Waals surface area contributed by atoms with E-state index in [0.717, 1.165) is 5.56 Å². The summed E-state index contributed by atoms with van der Waals surface area (Å²) >= 11 is 0. The number of methoxy groups -OCH3 is 2. The summed E-state index contributed by atoms with van der Waals surface area (Å²) < 4.78 is 33.2. The van der Waals surface area contributed by atoms with Crippen LogP contribution in [0.5, 0.6) is 11.5 Å². The van der Waals surface area contributed by atoms with Crippen molar-refractivity contribution in [2.24, 2.45) is 0 Å². The Morgan fingerprint density at radius 3 is 2.50 bits per heavy atom. The maximum atomic E-state index is 11.4. The highest BCUT2D eigenvalue weighted by Crippen LogP contribution is 2.27. The zero-order chi connectivity index (χ0) is 14.8. The minimum Gasteiger partial charge on any atom is -0.493 e. The largest absolute Gasteiger partial charge is 0.493 e. The summed E-state index contributed by atoms with van der Waals surface area (Å²) in [6.07, 6.45) is -0.847. The van der Waals surface area contributed by atoms with E-state index in [2.05, 4.69) is 5.32 Å². The Kier molecular flexibility index (Phi) is 4.52. The minimum absolute atomic E-state index is 0.0263. The number of rotatable bonds is 5. The molecule has 1 aliphatic rings. The highest BCUT2D eigenvalue weighted by atomic mass is 32.2. The average molecular weight is 301 g/mol. The van der Waals surface area contributed by atoms with E-state index in [4.69, 9.17) is 9.47 Å². The molecule has 2 unspecified atom stereocenters. The Morgan fingerprint density at radius 1 is 1.25 bits per heavy atom. The Labute approximate surface area is 118 Å². The Balaban J connectivity index is 2.01. The molecule has 20 heavy (non-hydrogen) atoms. The fourth-order valence-electron chi connectivity index (χ4n) is 2.26. The van der Waals surface area contributed by atoms with Gasteiger partial charge in [0.15, 0.2) is 21.3 Å². The van der Waals surface area contributed by atoms with Crippen LogP contribution in [0.1, 0.15) is 5.56 Å². The second-order valence-corrected chi connectivity index (χ2v) is 6.97. The first-order valence-electron chi connectivity index (χ1n) is 6.28. The van der Waals surface area contributed by atoms with E-state index in [9.17, 15) is 13.5 Å². The van der Waals surface area contributed by atoms with E-state index in [0.29, 0.717) is 18.0 Å². The smallest absolute Gasteiger partial charge is 0.161 e. The standard InChI is InChI=1S/C13H19NO5S/c1-18-12-4-3-9(5-13(12)19-2)6-14-10-7-20(16,17)8-11(10)15/h3-5,10-11,14-15H,6-8H2,1-2H3. The van der Waals surface area contributed by atoms with Crippen molar-refractivity contribution in [3.05, 3.63) is 23.8 Å². The van der Waals surface area contributed by atoms with E-state index < -0.39 is 22.0 Å². The first kappa shape index (κ1) is 15.1. The Morgan fingerprint density at radius 2 is 1.95 bits per heavy atom. The lowest BCUT2D eigenvalue weighted by atomic mass is 10.1. The fraction of sp³-hybridized carbons (Fsp3) is 0.538. The summed E-state index contributed by atoms with van der Waals surface area (Å²) in [6.45, 7) is 0.456. The third kappa shape index (κ3) is 3.41. The van der Waals surface area contributed by atoms with Crippen LogP contribution in [0.2, 0.25) is 0 Å². The van der Waals surface area contributed by atoms with E-state index in [-0.39, 0.29) is 11.5 Å². The van der Waals surface area contributed by atoms with Crippen LogP contribution in [0.15, 0.2) is 18.2 Å². The molecule has 0 radical (unpaired) electrons. The van der Waals surface area contributed by atoms with Crippen molar-refractivity contribution in [3.8, 4) is 11.5 Å². The highest BCUT2D eigenvalue weighted by molar-refractivity contribution is 7.91. The first-order valence-corrected chi connectivity index (χ1v) is 8.10. The van der Waals surface area contributed by atoms with Gasteiger partial charge in [-0.1, -0.05) is 6.07 Å². The molecule has 1 aromatic carbocycles. The lowest BCUT2D eigenvalue weighted by Crippen LogP contribution is -2.38. The number of aliphatic hydroxyl groups excluding tert-OH is 1. The third-order valence-electron chi connectivity index (χ3n) is 3.34. The number of ether oxygens (including phenoxy) is 2. The lowest BCUT2D eigenvalue weighted by Gasteiger charge is -2.15. The Hall–Kier alpha value is -1.31. The second-order valence-electron chi connectivity index (χ2n) is 4.82. The van der Waals surface area contributed by atoms with Crippen LogP contribution in [0.25, 0.3) is 0 Å². The zero-order valence-corrected chi connectivity index (χ0v) is 12.3. The molecule has 2 atom stereocenters. The second kappa shape index (κ2) is 5.99. The molecule has 0 saturated carbocycles. The predicted octanol–water partition coefficient (Wildman–Crippen LogP) is -0.0487. The molecule has 0 aliphatic carbocycles. The summed E-state index contributed by atoms with van der Waals surface area (Å²) in [6, 6.07) is 5.05. The third-order valence-corrected chi connectivity index (χ3v) is 5.06. The summed E-state index contributed by atoms with van der Waals surface area (Å²) in [5, 5.41) is 12.8. The fourth-order valence-corrected chi connectivity index (χ4v) is 4.04. The summed E-state index contributed by atoms with van der Waals surface area (Å²) in [7, 11) is -0.00683. The topological polar surface area (TPSA) is 84.9 Å². The molecule has 1 saturated heterocycles. The quantitative estimate of drug-likeness (QED) is 0.793. The van der Waals surface area contributed by atoms with Crippen LogP contribution in [0.4, 0.5) is 0 Å². The maximum absolute atomic E-state index is 11.4. The molecule has 7 heteroatoms. The van der Waals surface area contributed by atoms with Gasteiger partial charge >= 0.3 is 0 Å². The van der Waals surface area contributed by atoms with Gasteiger partial charge in [-0.3, -0.25) is 0 Å². The monoisotopic (exact) mass is 301 g/mol. The van der Waals surface area contributed by atoms with Crippen molar-refractivity contribution in [2.75, 3.05) is 25.7 Å². The molecule has 1 aromatic rings. The summed E-state index contributed by atoms with van der Waals surface area (Å²) in [5.74, 6) is 1.06. The summed E-state index contributed by atoms with van der Waals surface area (Å²) in [5.41, 5.74) is 0.930. The van der Waals surface area contributed by atoms with Crippen molar-refractivity contribution in [1.29, 1.82) is 0 Å². The first-order chi connectivity index (χ1) is 9.45. The van der Waals surface area contributed by atoms with Gasteiger partial charge in [0, 0.05) is 12.6 Å². The molecule has 112 valence electrons. The number of hydrogen-bond acceptors (Lipinski definition) is 6. The Bertz CT molecular complexity index is 572. The van der Waals surface area contributed by atoms with Crippen molar-refractivity contribution in [3.63, 3.8) is 0 Å². The number of hydrogen-bond donors (Lipinski definition) is 2. The van der Waals surface area contributed by atoms with Gasteiger partial charge in [0.25, 0.3) is 0 Å². The van der Waals surface area contributed by atoms with Gasteiger partial charge in [-0.05, 0) is 17.7 Å². The molecular formula is C13H19NO5S. The van der Waals surface area contributed by atoms with Crippen LogP contribution >= 0.6 is 0 Å². The molecule has 1 aliphatic heterocycles. The molecular weight excluding hydrogens is 282 g/mol. The lowest BCUT2D eigenvalue weighted by molar-refractivity contribution is 0.165. The summed E-state index contributed by atoms with van der Waals surface area (Å²) in [4.78, 5) is 0. The normalized spacial score (nSPS) is 24.6. The van der Waals surface area contributed by atoms with Crippen LogP contribution in [-0.2, 0) is 16.4 Å². The van der Waals surface area contributed by atoms with Gasteiger partial charge < -0.3 is 19.9 Å². The zero-order valence-electron chi connectivity index (χ0n) is 11.5. The van der Waals surface area contributed by atoms with Crippen molar-refractivity contribution >= 4 is 9.84 Å². The van der Waals surface area contributed by atoms with Gasteiger partial charge in [0.1, 0.15) is 0 Å². The van der Waals surface area contributed by atoms with Crippen molar-refractivity contribution in [2.45, 2.75) is 18.7 Å². The molecule has 0 bridgehead atoms. The van der Waals surface area contributed by atoms with Gasteiger partial charge in [-0.25, -0.2) is 8.42 Å². The molecule has 2 rings (SSSR count). The van der Waals surface area contributed by atoms with Gasteiger partial charge in [-0.15, -0.1) is 0 Å². The SMILES string of the molecule is COc1ccc(CNC2CS(=O)(=O)CC2O)cc1OC. The molecule has 6 nitrogen and oxygen atoms in total. The van der Waals surface area contributed by atoms with Crippen LogP contribution in [0, 0.1) is 0 Å². The molecule has 2 N–H and O–H groups in total. The predicted molar refractivity (Wildman–Crippen MR) is 74.8 cm³/mol. The van der Waals surface area contributed by atoms with Crippen LogP contribution in [0.3, 0.4) is 0 Å². The number of benzene rings is 1. The molecule has 0 amide bonds. The molecule has 1 fully saturated rings. The van der Waals surface area contributed by atoms with E-state index >= 15 is 0 Å². The van der Waals surface area contributed by atoms with Crippen LogP contribution in [-0.4, -0.2) is 51.4 Å². The van der Waals surface area contributed by atoms with E-state index in [1.165, 1.54) is 0 Å². The van der Waals surface area contributed by atoms with Gasteiger partial charge in [0.2, 0.25) is 0 Å². The van der Waals surface area contributed by atoms with Crippen LogP contribution < -0.4 is 14.8 Å². The molecule has 0 aromatic heterocycles. The average Bonchev–Trinajstić information content (AvgIpc) is 2.68. The highest BCUT2D eigenvalue weighted by Gasteiger charge is 2.35. The maximum Gasteiger partial charge on any atom is 0.161 e. The minimum atomic E-state index is -3.13. The molecule has 1 heterocycles. The van der Waals surface area contributed by atoms with Gasteiger partial charge in [-0.2, -0.15) is 0 Å². The van der Waals surface area contributed by atoms with E-state index in [1.807, 2.05) is 12.1 Å². The molecule has 0 spiro atoms. The van der Waals surface area contributed by atoms with Crippen molar-refractivity contribution in [1.82, 2.24) is 5.32 Å².